The topological polar surface area (TPSA) is 59.0 Å². The van der Waals surface area contributed by atoms with Crippen molar-refractivity contribution in [3.63, 3.8) is 0 Å². The molecule has 0 bridgehead atoms. The molecule has 6 heteroatoms. The van der Waals surface area contributed by atoms with Crippen molar-refractivity contribution in [1.82, 2.24) is 24.9 Å². The number of nitrogens with zero attached hydrogens (tertiary/aromatic N) is 4. The second kappa shape index (κ2) is 8.19. The largest absolute Gasteiger partial charge is 0.370 e. The lowest BCUT2D eigenvalue weighted by atomic mass is 10.1. The lowest BCUT2D eigenvalue weighted by molar-refractivity contribution is 0.104. The third-order valence-corrected chi connectivity index (χ3v) is 5.61. The minimum atomic E-state index is 0.371. The van der Waals surface area contributed by atoms with Crippen LogP contribution in [0.2, 0.25) is 0 Å². The van der Waals surface area contributed by atoms with Crippen LogP contribution in [0.25, 0.3) is 10.9 Å². The van der Waals surface area contributed by atoms with Crippen LogP contribution in [0.5, 0.6) is 0 Å². The lowest BCUT2D eigenvalue weighted by Crippen LogP contribution is -2.21. The molecule has 2 aromatic heterocycles. The standard InChI is InChI=1S/C23H25N5O/c1-2-6-18(7-3-1)16-29-17-20-14-28(26-25-20)21-10-11-27(15-21)13-19-12-24-23-9-5-4-8-22(19)23/h1-9,12,14,21,24H,10-11,13,15-17H2. The van der Waals surface area contributed by atoms with E-state index < -0.39 is 0 Å². The van der Waals surface area contributed by atoms with Crippen LogP contribution in [-0.4, -0.2) is 38.0 Å². The number of H-pyrrole nitrogens is 1. The Balaban J connectivity index is 1.15. The van der Waals surface area contributed by atoms with Gasteiger partial charge in [-0.3, -0.25) is 4.90 Å². The van der Waals surface area contributed by atoms with Gasteiger partial charge in [0.05, 0.1) is 25.5 Å². The van der Waals surface area contributed by atoms with Crippen molar-refractivity contribution in [1.29, 1.82) is 0 Å². The molecule has 1 saturated heterocycles. The van der Waals surface area contributed by atoms with Gasteiger partial charge in [0.2, 0.25) is 0 Å². The minimum absolute atomic E-state index is 0.371. The van der Waals surface area contributed by atoms with Crippen LogP contribution in [0.3, 0.4) is 0 Å². The van der Waals surface area contributed by atoms with Crippen molar-refractivity contribution in [2.24, 2.45) is 0 Å². The third-order valence-electron chi connectivity index (χ3n) is 5.61. The van der Waals surface area contributed by atoms with Crippen LogP contribution in [0.15, 0.2) is 67.0 Å². The Bertz CT molecular complexity index is 1070. The average molecular weight is 387 g/mol. The number of ether oxygens (including phenoxy) is 1. The van der Waals surface area contributed by atoms with Crippen LogP contribution in [-0.2, 0) is 24.5 Å². The SMILES string of the molecule is c1ccc(COCc2cn(C3CCN(Cc4c[nH]c5ccccc45)C3)nn2)cc1. The molecular formula is C23H25N5O. The van der Waals surface area contributed by atoms with E-state index >= 15 is 0 Å². The summed E-state index contributed by atoms with van der Waals surface area (Å²) < 4.78 is 7.79. The Hall–Kier alpha value is -2.96. The van der Waals surface area contributed by atoms with Gasteiger partial charge < -0.3 is 9.72 Å². The first kappa shape index (κ1) is 18.1. The smallest absolute Gasteiger partial charge is 0.108 e. The van der Waals surface area contributed by atoms with Gasteiger partial charge in [0.25, 0.3) is 0 Å². The number of para-hydroxylation sites is 1. The highest BCUT2D eigenvalue weighted by Crippen LogP contribution is 2.25. The van der Waals surface area contributed by atoms with Crippen LogP contribution in [0, 0.1) is 0 Å². The van der Waals surface area contributed by atoms with Gasteiger partial charge in [0, 0.05) is 36.7 Å². The second-order valence-corrected chi connectivity index (χ2v) is 7.71. The molecule has 0 radical (unpaired) electrons. The summed E-state index contributed by atoms with van der Waals surface area (Å²) in [6, 6.07) is 19.1. The molecule has 1 aliphatic heterocycles. The van der Waals surface area contributed by atoms with E-state index in [4.69, 9.17) is 4.74 Å². The Morgan fingerprint density at radius 3 is 2.83 bits per heavy atom. The van der Waals surface area contributed by atoms with Crippen molar-refractivity contribution in [2.45, 2.75) is 32.2 Å². The number of fused-ring (bicyclic) bond motifs is 1. The van der Waals surface area contributed by atoms with Crippen LogP contribution in [0.4, 0.5) is 0 Å². The zero-order valence-electron chi connectivity index (χ0n) is 16.4. The van der Waals surface area contributed by atoms with E-state index in [1.807, 2.05) is 29.1 Å². The maximum atomic E-state index is 5.78. The zero-order valence-corrected chi connectivity index (χ0v) is 16.4. The molecule has 2 aromatic carbocycles. The molecule has 0 spiro atoms. The van der Waals surface area contributed by atoms with Gasteiger partial charge in [-0.15, -0.1) is 5.10 Å². The van der Waals surface area contributed by atoms with Crippen molar-refractivity contribution >= 4 is 10.9 Å². The van der Waals surface area contributed by atoms with Gasteiger partial charge in [-0.2, -0.15) is 0 Å². The number of rotatable bonds is 7. The first-order chi connectivity index (χ1) is 14.3. The Labute approximate surface area is 170 Å². The zero-order chi connectivity index (χ0) is 19.5. The summed E-state index contributed by atoms with van der Waals surface area (Å²) in [6.45, 7) is 4.11. The molecule has 1 fully saturated rings. The number of nitrogens with one attached hydrogen (secondary N) is 1. The monoisotopic (exact) mass is 387 g/mol. The number of aromatic nitrogens is 4. The number of benzene rings is 2. The molecule has 0 aliphatic carbocycles. The van der Waals surface area contributed by atoms with Gasteiger partial charge in [0.1, 0.15) is 5.69 Å². The highest BCUT2D eigenvalue weighted by molar-refractivity contribution is 5.82. The number of hydrogen-bond acceptors (Lipinski definition) is 4. The summed E-state index contributed by atoms with van der Waals surface area (Å²) >= 11 is 0. The quantitative estimate of drug-likeness (QED) is 0.522. The van der Waals surface area contributed by atoms with E-state index in [2.05, 4.69) is 62.8 Å². The molecule has 1 atom stereocenters. The van der Waals surface area contributed by atoms with Crippen molar-refractivity contribution in [2.75, 3.05) is 13.1 Å². The normalized spacial score (nSPS) is 17.3. The summed E-state index contributed by atoms with van der Waals surface area (Å²) in [4.78, 5) is 5.87. The third kappa shape index (κ3) is 4.09. The predicted octanol–water partition coefficient (Wildman–Crippen LogP) is 3.92. The van der Waals surface area contributed by atoms with Crippen molar-refractivity contribution < 1.29 is 4.74 Å². The van der Waals surface area contributed by atoms with Gasteiger partial charge in [0.15, 0.2) is 0 Å². The van der Waals surface area contributed by atoms with E-state index in [1.54, 1.807) is 0 Å². The molecule has 3 heterocycles. The van der Waals surface area contributed by atoms with Gasteiger partial charge in [-0.05, 0) is 23.6 Å². The van der Waals surface area contributed by atoms with Crippen LogP contribution >= 0.6 is 0 Å². The van der Waals surface area contributed by atoms with Gasteiger partial charge in [-0.1, -0.05) is 53.7 Å². The molecule has 1 unspecified atom stereocenters. The van der Waals surface area contributed by atoms with Crippen molar-refractivity contribution in [3.05, 3.63) is 83.8 Å². The van der Waals surface area contributed by atoms with E-state index in [0.717, 1.165) is 31.7 Å². The van der Waals surface area contributed by atoms with Gasteiger partial charge >= 0.3 is 0 Å². The highest BCUT2D eigenvalue weighted by atomic mass is 16.5. The molecule has 0 saturated carbocycles. The Kier molecular flexibility index (Phi) is 5.11. The summed E-state index contributed by atoms with van der Waals surface area (Å²) in [7, 11) is 0. The summed E-state index contributed by atoms with van der Waals surface area (Å²) in [5.41, 5.74) is 4.61. The second-order valence-electron chi connectivity index (χ2n) is 7.71. The first-order valence-corrected chi connectivity index (χ1v) is 10.1. The molecular weight excluding hydrogens is 362 g/mol. The maximum absolute atomic E-state index is 5.78. The molecule has 1 aliphatic rings. The van der Waals surface area contributed by atoms with E-state index in [9.17, 15) is 0 Å². The number of likely N-dealkylation sites (tertiary alicyclic amines) is 1. The number of aromatic amines is 1. The van der Waals surface area contributed by atoms with Crippen molar-refractivity contribution in [3.8, 4) is 0 Å². The van der Waals surface area contributed by atoms with E-state index in [0.29, 0.717) is 19.3 Å². The fourth-order valence-corrected chi connectivity index (χ4v) is 4.08. The summed E-state index contributed by atoms with van der Waals surface area (Å²) in [6.07, 6.45) is 5.26. The Morgan fingerprint density at radius 2 is 1.90 bits per heavy atom. The minimum Gasteiger partial charge on any atom is -0.370 e. The molecule has 4 aromatic rings. The highest BCUT2D eigenvalue weighted by Gasteiger charge is 2.25. The molecule has 5 rings (SSSR count). The molecule has 148 valence electrons. The van der Waals surface area contributed by atoms with Crippen LogP contribution in [0.1, 0.15) is 29.3 Å². The fourth-order valence-electron chi connectivity index (χ4n) is 4.08. The predicted molar refractivity (Wildman–Crippen MR) is 112 cm³/mol. The maximum Gasteiger partial charge on any atom is 0.108 e. The van der Waals surface area contributed by atoms with E-state index in [-0.39, 0.29) is 0 Å². The summed E-state index contributed by atoms with van der Waals surface area (Å²) in [5.74, 6) is 0. The van der Waals surface area contributed by atoms with E-state index in [1.165, 1.54) is 22.0 Å². The average Bonchev–Trinajstić information content (AvgIpc) is 3.50. The molecule has 6 nitrogen and oxygen atoms in total. The summed E-state index contributed by atoms with van der Waals surface area (Å²) in [5, 5.41) is 9.97. The molecule has 29 heavy (non-hydrogen) atoms. The Morgan fingerprint density at radius 1 is 1.03 bits per heavy atom. The first-order valence-electron chi connectivity index (χ1n) is 10.1. The fraction of sp³-hybridized carbons (Fsp3) is 0.304. The van der Waals surface area contributed by atoms with Crippen LogP contribution < -0.4 is 0 Å². The molecule has 1 N–H and O–H groups in total. The number of hydrogen-bond donors (Lipinski definition) is 1. The molecule has 0 amide bonds. The van der Waals surface area contributed by atoms with Gasteiger partial charge in [-0.25, -0.2) is 4.68 Å². The lowest BCUT2D eigenvalue weighted by Gasteiger charge is -2.15.